The summed E-state index contributed by atoms with van der Waals surface area (Å²) < 4.78 is 11.3. The monoisotopic (exact) mass is 240 g/mol. The summed E-state index contributed by atoms with van der Waals surface area (Å²) in [5.41, 5.74) is -0.759. The van der Waals surface area contributed by atoms with Crippen molar-refractivity contribution in [2.75, 3.05) is 6.61 Å². The van der Waals surface area contributed by atoms with E-state index in [4.69, 9.17) is 9.47 Å². The van der Waals surface area contributed by atoms with Gasteiger partial charge in [0.25, 0.3) is 0 Å². The van der Waals surface area contributed by atoms with Gasteiger partial charge in [0, 0.05) is 0 Å². The van der Waals surface area contributed by atoms with Crippen molar-refractivity contribution in [1.29, 1.82) is 0 Å². The number of carbonyl (C=O) groups excluding carboxylic acids is 1. The number of hydrogen-bond donors (Lipinski definition) is 0. The molecule has 2 aliphatic rings. The van der Waals surface area contributed by atoms with E-state index in [0.29, 0.717) is 6.61 Å². The van der Waals surface area contributed by atoms with Crippen LogP contribution in [0.25, 0.3) is 0 Å². The fraction of sp³-hybridized carbons (Fsp3) is 0.929. The first kappa shape index (κ1) is 12.9. The number of epoxide rings is 1. The van der Waals surface area contributed by atoms with Gasteiger partial charge >= 0.3 is 5.97 Å². The lowest BCUT2D eigenvalue weighted by molar-refractivity contribution is -0.150. The third-order valence-electron chi connectivity index (χ3n) is 4.28. The molecule has 3 nitrogen and oxygen atoms in total. The van der Waals surface area contributed by atoms with Crippen LogP contribution in [0.15, 0.2) is 0 Å². The highest BCUT2D eigenvalue weighted by molar-refractivity contribution is 5.85. The molecule has 1 heterocycles. The second kappa shape index (κ2) is 4.97. The Balaban J connectivity index is 1.94. The number of ether oxygens (including phenoxy) is 2. The van der Waals surface area contributed by atoms with Gasteiger partial charge in [0.15, 0.2) is 5.60 Å². The molecule has 1 atom stereocenters. The van der Waals surface area contributed by atoms with E-state index in [2.05, 4.69) is 6.92 Å². The number of esters is 1. The molecule has 1 aliphatic heterocycles. The average Bonchev–Trinajstić information content (AvgIpc) is 2.99. The minimum atomic E-state index is -0.596. The molecule has 0 aromatic carbocycles. The molecule has 17 heavy (non-hydrogen) atoms. The van der Waals surface area contributed by atoms with E-state index in [-0.39, 0.29) is 11.6 Å². The molecule has 2 fully saturated rings. The Morgan fingerprint density at radius 2 is 1.94 bits per heavy atom. The first-order valence-electron chi connectivity index (χ1n) is 7.08. The van der Waals surface area contributed by atoms with Gasteiger partial charge in [-0.15, -0.1) is 0 Å². The molecule has 1 saturated heterocycles. The SMILES string of the molecule is CCCCOC(=O)C1(CC)OC12CCCCC2. The largest absolute Gasteiger partial charge is 0.463 e. The summed E-state index contributed by atoms with van der Waals surface area (Å²) in [5, 5.41) is 0. The zero-order valence-electron chi connectivity index (χ0n) is 11.1. The average molecular weight is 240 g/mol. The number of rotatable bonds is 5. The fourth-order valence-electron chi connectivity index (χ4n) is 3.13. The Morgan fingerprint density at radius 1 is 1.24 bits per heavy atom. The van der Waals surface area contributed by atoms with Crippen LogP contribution < -0.4 is 0 Å². The second-order valence-corrected chi connectivity index (χ2v) is 5.33. The molecular weight excluding hydrogens is 216 g/mol. The van der Waals surface area contributed by atoms with Crippen LogP contribution in [0.3, 0.4) is 0 Å². The van der Waals surface area contributed by atoms with Crippen LogP contribution in [0, 0.1) is 0 Å². The summed E-state index contributed by atoms with van der Waals surface area (Å²) in [6.45, 7) is 4.67. The van der Waals surface area contributed by atoms with Gasteiger partial charge in [0.2, 0.25) is 0 Å². The van der Waals surface area contributed by atoms with Gasteiger partial charge < -0.3 is 9.47 Å². The molecule has 98 valence electrons. The highest BCUT2D eigenvalue weighted by Gasteiger charge is 2.73. The molecule has 1 saturated carbocycles. The van der Waals surface area contributed by atoms with Crippen molar-refractivity contribution in [1.82, 2.24) is 0 Å². The molecule has 0 bridgehead atoms. The van der Waals surface area contributed by atoms with Crippen LogP contribution in [0.1, 0.15) is 65.2 Å². The van der Waals surface area contributed by atoms with Gasteiger partial charge in [-0.1, -0.05) is 39.5 Å². The fourth-order valence-corrected chi connectivity index (χ4v) is 3.13. The molecule has 1 spiro atoms. The van der Waals surface area contributed by atoms with E-state index in [1.54, 1.807) is 0 Å². The summed E-state index contributed by atoms with van der Waals surface area (Å²) in [5.74, 6) is -0.115. The smallest absolute Gasteiger partial charge is 0.341 e. The van der Waals surface area contributed by atoms with Gasteiger partial charge in [-0.05, 0) is 25.7 Å². The van der Waals surface area contributed by atoms with Crippen molar-refractivity contribution in [3.63, 3.8) is 0 Å². The van der Waals surface area contributed by atoms with Gasteiger partial charge in [0.05, 0.1) is 6.61 Å². The lowest BCUT2D eigenvalue weighted by Gasteiger charge is -2.22. The third kappa shape index (κ3) is 2.10. The maximum Gasteiger partial charge on any atom is 0.341 e. The Bertz CT molecular complexity index is 281. The lowest BCUT2D eigenvalue weighted by Crippen LogP contribution is -2.36. The van der Waals surface area contributed by atoms with E-state index in [0.717, 1.165) is 32.1 Å². The molecule has 0 N–H and O–H groups in total. The summed E-state index contributed by atoms with van der Waals surface area (Å²) in [6.07, 6.45) is 8.45. The van der Waals surface area contributed by atoms with E-state index in [1.807, 2.05) is 6.92 Å². The van der Waals surface area contributed by atoms with Gasteiger partial charge in [-0.2, -0.15) is 0 Å². The maximum atomic E-state index is 12.2. The molecular formula is C14H24O3. The van der Waals surface area contributed by atoms with Crippen LogP contribution in [0.2, 0.25) is 0 Å². The molecule has 1 aliphatic carbocycles. The maximum absolute atomic E-state index is 12.2. The first-order chi connectivity index (χ1) is 8.21. The van der Waals surface area contributed by atoms with Crippen molar-refractivity contribution >= 4 is 5.97 Å². The highest BCUT2D eigenvalue weighted by atomic mass is 16.7. The van der Waals surface area contributed by atoms with Crippen molar-refractivity contribution in [2.24, 2.45) is 0 Å². The van der Waals surface area contributed by atoms with Crippen LogP contribution in [0.5, 0.6) is 0 Å². The molecule has 0 amide bonds. The predicted octanol–water partition coefficient (Wildman–Crippen LogP) is 3.21. The number of hydrogen-bond acceptors (Lipinski definition) is 3. The van der Waals surface area contributed by atoms with Crippen LogP contribution >= 0.6 is 0 Å². The van der Waals surface area contributed by atoms with E-state index in [1.165, 1.54) is 19.3 Å². The summed E-state index contributed by atoms with van der Waals surface area (Å²) in [7, 11) is 0. The molecule has 3 heteroatoms. The number of carbonyl (C=O) groups is 1. The molecule has 0 radical (unpaired) electrons. The van der Waals surface area contributed by atoms with Gasteiger partial charge in [0.1, 0.15) is 5.60 Å². The Hall–Kier alpha value is -0.570. The summed E-state index contributed by atoms with van der Waals surface area (Å²) in [6, 6.07) is 0. The quantitative estimate of drug-likeness (QED) is 0.421. The van der Waals surface area contributed by atoms with Crippen LogP contribution in [-0.2, 0) is 14.3 Å². The number of unbranched alkanes of at least 4 members (excludes halogenated alkanes) is 1. The van der Waals surface area contributed by atoms with Gasteiger partial charge in [-0.3, -0.25) is 0 Å². The van der Waals surface area contributed by atoms with Gasteiger partial charge in [-0.25, -0.2) is 4.79 Å². The zero-order valence-corrected chi connectivity index (χ0v) is 11.1. The van der Waals surface area contributed by atoms with E-state index >= 15 is 0 Å². The minimum Gasteiger partial charge on any atom is -0.463 e. The van der Waals surface area contributed by atoms with E-state index < -0.39 is 5.60 Å². The van der Waals surface area contributed by atoms with Crippen molar-refractivity contribution in [3.8, 4) is 0 Å². The molecule has 0 aromatic heterocycles. The lowest BCUT2D eigenvalue weighted by atomic mass is 9.79. The Labute approximate surface area is 104 Å². The normalized spacial score (nSPS) is 30.2. The van der Waals surface area contributed by atoms with Crippen LogP contribution in [-0.4, -0.2) is 23.8 Å². The van der Waals surface area contributed by atoms with Crippen LogP contribution in [0.4, 0.5) is 0 Å². The first-order valence-corrected chi connectivity index (χ1v) is 7.08. The Kier molecular flexibility index (Phi) is 3.76. The summed E-state index contributed by atoms with van der Waals surface area (Å²) >= 11 is 0. The molecule has 0 aromatic rings. The second-order valence-electron chi connectivity index (χ2n) is 5.33. The van der Waals surface area contributed by atoms with Crippen molar-refractivity contribution < 1.29 is 14.3 Å². The standard InChI is InChI=1S/C14H24O3/c1-3-5-11-16-12(15)14(4-2)13(17-14)9-7-6-8-10-13/h3-11H2,1-2H3. The molecule has 1 unspecified atom stereocenters. The summed E-state index contributed by atoms with van der Waals surface area (Å²) in [4.78, 5) is 12.2. The zero-order chi connectivity index (χ0) is 12.4. The van der Waals surface area contributed by atoms with Crippen molar-refractivity contribution in [2.45, 2.75) is 76.4 Å². The molecule has 2 rings (SSSR count). The highest BCUT2D eigenvalue weighted by Crippen LogP contribution is 2.58. The third-order valence-corrected chi connectivity index (χ3v) is 4.28. The minimum absolute atomic E-state index is 0.115. The topological polar surface area (TPSA) is 38.8 Å². The van der Waals surface area contributed by atoms with Crippen molar-refractivity contribution in [3.05, 3.63) is 0 Å². The van der Waals surface area contributed by atoms with E-state index in [9.17, 15) is 4.79 Å². The predicted molar refractivity (Wildman–Crippen MR) is 65.8 cm³/mol. The Morgan fingerprint density at radius 3 is 2.53 bits per heavy atom.